The van der Waals surface area contributed by atoms with Crippen LogP contribution < -0.4 is 5.32 Å². The number of carbonyl (C=O) groups is 2. The lowest BCUT2D eigenvalue weighted by atomic mass is 10.1. The van der Waals surface area contributed by atoms with Crippen LogP contribution in [0.4, 0.5) is 4.79 Å². The number of ether oxygens (including phenoxy) is 2. The van der Waals surface area contributed by atoms with Crippen molar-refractivity contribution in [3.8, 4) is 0 Å². The van der Waals surface area contributed by atoms with Crippen LogP contribution >= 0.6 is 0 Å². The van der Waals surface area contributed by atoms with E-state index in [0.717, 1.165) is 0 Å². The van der Waals surface area contributed by atoms with E-state index >= 15 is 0 Å². The van der Waals surface area contributed by atoms with Crippen molar-refractivity contribution in [1.82, 2.24) is 10.2 Å². The van der Waals surface area contributed by atoms with Gasteiger partial charge in [-0.25, -0.2) is 4.79 Å². The Balaban J connectivity index is 2.47. The minimum atomic E-state index is -0.801. The lowest BCUT2D eigenvalue weighted by molar-refractivity contribution is -0.137. The molecule has 0 aliphatic carbocycles. The highest BCUT2D eigenvalue weighted by Crippen LogP contribution is 2.14. The van der Waals surface area contributed by atoms with Crippen LogP contribution in [-0.2, 0) is 14.3 Å². The lowest BCUT2D eigenvalue weighted by Crippen LogP contribution is -2.54. The fourth-order valence-electron chi connectivity index (χ4n) is 2.16. The number of carboxylic acid groups (broad SMARTS) is 1. The molecular formula is C15H28N2O5. The molecule has 7 nitrogen and oxygen atoms in total. The summed E-state index contributed by atoms with van der Waals surface area (Å²) >= 11 is 0. The first-order chi connectivity index (χ1) is 10.2. The van der Waals surface area contributed by atoms with Crippen molar-refractivity contribution >= 4 is 12.1 Å². The predicted molar refractivity (Wildman–Crippen MR) is 81.9 cm³/mol. The van der Waals surface area contributed by atoms with E-state index in [-0.39, 0.29) is 24.6 Å². The van der Waals surface area contributed by atoms with Crippen molar-refractivity contribution in [2.75, 3.05) is 26.3 Å². The maximum absolute atomic E-state index is 12.2. The smallest absolute Gasteiger partial charge is 0.410 e. The van der Waals surface area contributed by atoms with Gasteiger partial charge in [0.25, 0.3) is 0 Å². The molecule has 1 rings (SSSR count). The average molecular weight is 316 g/mol. The van der Waals surface area contributed by atoms with Gasteiger partial charge in [-0.15, -0.1) is 0 Å². The Bertz CT molecular complexity index is 381. The molecule has 7 heteroatoms. The molecule has 0 aromatic rings. The summed E-state index contributed by atoms with van der Waals surface area (Å²) in [5.74, 6) is -0.801. The summed E-state index contributed by atoms with van der Waals surface area (Å²) in [6.45, 7) is 9.48. The lowest BCUT2D eigenvalue weighted by Gasteiger charge is -2.37. The molecule has 1 amide bonds. The highest BCUT2D eigenvalue weighted by molar-refractivity contribution is 5.68. The molecule has 0 bridgehead atoms. The molecule has 0 radical (unpaired) electrons. The van der Waals surface area contributed by atoms with E-state index in [9.17, 15) is 9.59 Å². The van der Waals surface area contributed by atoms with Crippen LogP contribution in [0, 0.1) is 0 Å². The highest BCUT2D eigenvalue weighted by atomic mass is 16.6. The van der Waals surface area contributed by atoms with Gasteiger partial charge >= 0.3 is 12.1 Å². The molecule has 1 aliphatic heterocycles. The Morgan fingerprint density at radius 2 is 2.14 bits per heavy atom. The molecule has 0 spiro atoms. The number of hydrogen-bond acceptors (Lipinski definition) is 5. The summed E-state index contributed by atoms with van der Waals surface area (Å²) in [6, 6.07) is -0.0330. The van der Waals surface area contributed by atoms with Gasteiger partial charge in [0.15, 0.2) is 0 Å². The van der Waals surface area contributed by atoms with Crippen LogP contribution in [-0.4, -0.2) is 66.1 Å². The Hall–Kier alpha value is -1.34. The van der Waals surface area contributed by atoms with Crippen LogP contribution in [0.3, 0.4) is 0 Å². The first-order valence-electron chi connectivity index (χ1n) is 7.71. The second-order valence-electron chi connectivity index (χ2n) is 6.64. The zero-order chi connectivity index (χ0) is 16.8. The molecule has 0 saturated carbocycles. The van der Waals surface area contributed by atoms with E-state index in [1.165, 1.54) is 0 Å². The van der Waals surface area contributed by atoms with Gasteiger partial charge in [-0.1, -0.05) is 0 Å². The minimum absolute atomic E-state index is 0.0681. The third kappa shape index (κ3) is 7.09. The third-order valence-corrected chi connectivity index (χ3v) is 3.35. The normalized spacial score (nSPS) is 20.5. The summed E-state index contributed by atoms with van der Waals surface area (Å²) in [5.41, 5.74) is -0.526. The molecule has 1 heterocycles. The number of aliphatic carboxylic acids is 1. The second kappa shape index (κ2) is 8.33. The van der Waals surface area contributed by atoms with Crippen molar-refractivity contribution in [2.45, 2.75) is 58.2 Å². The predicted octanol–water partition coefficient (Wildman–Crippen LogP) is 1.47. The van der Waals surface area contributed by atoms with E-state index in [2.05, 4.69) is 5.32 Å². The van der Waals surface area contributed by atoms with Gasteiger partial charge in [0.1, 0.15) is 5.60 Å². The largest absolute Gasteiger partial charge is 0.481 e. The van der Waals surface area contributed by atoms with Crippen molar-refractivity contribution in [3.05, 3.63) is 0 Å². The van der Waals surface area contributed by atoms with Crippen LogP contribution in [0.5, 0.6) is 0 Å². The maximum atomic E-state index is 12.2. The van der Waals surface area contributed by atoms with Crippen LogP contribution in [0.15, 0.2) is 0 Å². The molecule has 1 saturated heterocycles. The van der Waals surface area contributed by atoms with Crippen molar-refractivity contribution in [3.63, 3.8) is 0 Å². The first-order valence-corrected chi connectivity index (χ1v) is 7.71. The highest BCUT2D eigenvalue weighted by Gasteiger charge is 2.31. The summed E-state index contributed by atoms with van der Waals surface area (Å²) < 4.78 is 10.9. The number of amides is 1. The Labute approximate surface area is 131 Å². The van der Waals surface area contributed by atoms with E-state index in [0.29, 0.717) is 32.7 Å². The molecular weight excluding hydrogens is 288 g/mol. The number of hydrogen-bond donors (Lipinski definition) is 2. The van der Waals surface area contributed by atoms with Gasteiger partial charge in [-0.2, -0.15) is 0 Å². The number of morpholine rings is 1. The number of nitrogens with zero attached hydrogens (tertiary/aromatic N) is 1. The molecule has 1 fully saturated rings. The van der Waals surface area contributed by atoms with Crippen LogP contribution in [0.2, 0.25) is 0 Å². The number of carboxylic acids is 1. The zero-order valence-electron chi connectivity index (χ0n) is 13.9. The fraction of sp³-hybridized carbons (Fsp3) is 0.867. The molecule has 0 aromatic heterocycles. The van der Waals surface area contributed by atoms with Gasteiger partial charge in [0, 0.05) is 25.6 Å². The Morgan fingerprint density at radius 3 is 2.73 bits per heavy atom. The standard InChI is InChI=1S/C15H28N2O5/c1-11(5-6-13(18)19)16-9-12-10-21-8-7-17(12)14(20)22-15(2,3)4/h11-12,16H,5-10H2,1-4H3,(H,18,19). The van der Waals surface area contributed by atoms with E-state index < -0.39 is 11.6 Å². The van der Waals surface area contributed by atoms with Gasteiger partial charge in [0.2, 0.25) is 0 Å². The summed E-state index contributed by atoms with van der Waals surface area (Å²) in [4.78, 5) is 24.5. The number of carbonyl (C=O) groups excluding carboxylic acids is 1. The maximum Gasteiger partial charge on any atom is 0.410 e. The van der Waals surface area contributed by atoms with Crippen LogP contribution in [0.1, 0.15) is 40.5 Å². The molecule has 128 valence electrons. The number of nitrogens with one attached hydrogen (secondary N) is 1. The van der Waals surface area contributed by atoms with Crippen molar-refractivity contribution < 1.29 is 24.2 Å². The topological polar surface area (TPSA) is 88.1 Å². The van der Waals surface area contributed by atoms with E-state index in [4.69, 9.17) is 14.6 Å². The third-order valence-electron chi connectivity index (χ3n) is 3.35. The first kappa shape index (κ1) is 18.7. The number of rotatable bonds is 6. The monoisotopic (exact) mass is 316 g/mol. The Morgan fingerprint density at radius 1 is 1.45 bits per heavy atom. The average Bonchev–Trinajstić information content (AvgIpc) is 2.41. The Kier molecular flexibility index (Phi) is 7.09. The molecule has 2 unspecified atom stereocenters. The van der Waals surface area contributed by atoms with E-state index in [1.54, 1.807) is 4.90 Å². The SMILES string of the molecule is CC(CCC(=O)O)NCC1COCCN1C(=O)OC(C)(C)C. The van der Waals surface area contributed by atoms with Gasteiger partial charge in [-0.05, 0) is 34.1 Å². The van der Waals surface area contributed by atoms with Gasteiger partial charge < -0.3 is 19.9 Å². The second-order valence-corrected chi connectivity index (χ2v) is 6.64. The van der Waals surface area contributed by atoms with Gasteiger partial charge in [-0.3, -0.25) is 9.69 Å². The van der Waals surface area contributed by atoms with Crippen molar-refractivity contribution in [1.29, 1.82) is 0 Å². The minimum Gasteiger partial charge on any atom is -0.481 e. The summed E-state index contributed by atoms with van der Waals surface area (Å²) in [6.07, 6.45) is 0.348. The molecule has 1 aliphatic rings. The summed E-state index contributed by atoms with van der Waals surface area (Å²) in [7, 11) is 0. The molecule has 22 heavy (non-hydrogen) atoms. The summed E-state index contributed by atoms with van der Waals surface area (Å²) in [5, 5.41) is 11.9. The van der Waals surface area contributed by atoms with Crippen molar-refractivity contribution in [2.24, 2.45) is 0 Å². The molecule has 0 aromatic carbocycles. The molecule has 2 atom stereocenters. The van der Waals surface area contributed by atoms with E-state index in [1.807, 2.05) is 27.7 Å². The fourth-order valence-corrected chi connectivity index (χ4v) is 2.16. The van der Waals surface area contributed by atoms with Crippen LogP contribution in [0.25, 0.3) is 0 Å². The zero-order valence-corrected chi connectivity index (χ0v) is 13.9. The quantitative estimate of drug-likeness (QED) is 0.771. The molecule has 2 N–H and O–H groups in total. The van der Waals surface area contributed by atoms with Gasteiger partial charge in [0.05, 0.1) is 19.3 Å².